The number of hydrogen-bond donors (Lipinski definition) is 2. The predicted octanol–water partition coefficient (Wildman–Crippen LogP) is 1.27. The first-order valence-corrected chi connectivity index (χ1v) is 11.6. The molecule has 3 N–H and O–H groups in total. The van der Waals surface area contributed by atoms with E-state index in [0.29, 0.717) is 6.42 Å². The van der Waals surface area contributed by atoms with Crippen molar-refractivity contribution in [3.8, 4) is 0 Å². The van der Waals surface area contributed by atoms with Gasteiger partial charge in [-0.25, -0.2) is 9.78 Å². The zero-order chi connectivity index (χ0) is 23.6. The fraction of sp³-hybridized carbons (Fsp3) is 0.417. The number of esters is 1. The Morgan fingerprint density at radius 3 is 2.88 bits per heavy atom. The molecule has 10 nitrogen and oxygen atoms in total. The summed E-state index contributed by atoms with van der Waals surface area (Å²) in [5.74, 6) is -1.44. The monoisotopic (exact) mass is 461 g/mol. The van der Waals surface area contributed by atoms with Crippen molar-refractivity contribution in [2.75, 3.05) is 29.4 Å². The number of pyridine rings is 1. The molecule has 2 aromatic heterocycles. The molecule has 4 heterocycles. The average molecular weight is 462 g/mol. The van der Waals surface area contributed by atoms with E-state index in [9.17, 15) is 9.59 Å². The van der Waals surface area contributed by atoms with Crippen LogP contribution in [0.1, 0.15) is 24.0 Å². The van der Waals surface area contributed by atoms with Crippen molar-refractivity contribution in [1.29, 1.82) is 0 Å². The van der Waals surface area contributed by atoms with E-state index in [1.165, 1.54) is 12.8 Å². The van der Waals surface area contributed by atoms with Gasteiger partial charge in [0.05, 0.1) is 5.52 Å². The van der Waals surface area contributed by atoms with E-state index in [2.05, 4.69) is 15.3 Å². The lowest BCUT2D eigenvalue weighted by Gasteiger charge is -2.36. The van der Waals surface area contributed by atoms with Crippen LogP contribution in [0.25, 0.3) is 10.9 Å². The van der Waals surface area contributed by atoms with E-state index in [0.717, 1.165) is 58.9 Å². The second-order valence-electron chi connectivity index (χ2n) is 9.56. The standard InChI is InChI=1S/C24H27N7O3/c1-14-9-16(10-15-12-29(2)28-20(14)15)31-19(34-23(33)21(25)32)11-17-18(3-6-26-22(17)31)30-8-7-27-24(13-30)4-5-24/h3,6,9-10,12,19,27H,4-5,7-8,11,13H2,1-2H3,(H2,25,32). The topological polar surface area (TPSA) is 119 Å². The molecule has 0 radical (unpaired) electrons. The van der Waals surface area contributed by atoms with Gasteiger partial charge in [-0.05, 0) is 43.5 Å². The molecular weight excluding hydrogens is 434 g/mol. The highest BCUT2D eigenvalue weighted by molar-refractivity contribution is 6.31. The molecular formula is C24H27N7O3. The summed E-state index contributed by atoms with van der Waals surface area (Å²) in [4.78, 5) is 32.7. The van der Waals surface area contributed by atoms with Gasteiger partial charge < -0.3 is 20.7 Å². The number of carbonyl (C=O) groups is 2. The number of ether oxygens (including phenoxy) is 1. The van der Waals surface area contributed by atoms with Gasteiger partial charge in [-0.3, -0.25) is 14.4 Å². The summed E-state index contributed by atoms with van der Waals surface area (Å²) in [6.45, 7) is 4.76. The minimum atomic E-state index is -1.11. The van der Waals surface area contributed by atoms with Crippen molar-refractivity contribution in [2.24, 2.45) is 12.8 Å². The number of nitrogens with zero attached hydrogens (tertiary/aromatic N) is 5. The smallest absolute Gasteiger partial charge is 0.398 e. The molecule has 6 rings (SSSR count). The van der Waals surface area contributed by atoms with E-state index >= 15 is 0 Å². The Hall–Kier alpha value is -3.66. The van der Waals surface area contributed by atoms with Gasteiger partial charge >= 0.3 is 11.9 Å². The Morgan fingerprint density at radius 2 is 2.12 bits per heavy atom. The highest BCUT2D eigenvalue weighted by atomic mass is 16.6. The number of anilines is 3. The molecule has 2 aliphatic heterocycles. The summed E-state index contributed by atoms with van der Waals surface area (Å²) in [6, 6.07) is 6.05. The van der Waals surface area contributed by atoms with Crippen LogP contribution in [0.4, 0.5) is 17.2 Å². The summed E-state index contributed by atoms with van der Waals surface area (Å²) >= 11 is 0. The Kier molecular flexibility index (Phi) is 4.57. The molecule has 3 aromatic rings. The number of rotatable bonds is 3. The van der Waals surface area contributed by atoms with Crippen LogP contribution in [0, 0.1) is 6.92 Å². The van der Waals surface area contributed by atoms with E-state index in [4.69, 9.17) is 15.5 Å². The number of carbonyl (C=O) groups excluding carboxylic acids is 2. The SMILES string of the molecule is Cc1cc(N2c3nccc(N4CCNC5(CC5)C4)c3CC2OC(=O)C(N)=O)cc2cn(C)nc12. The minimum absolute atomic E-state index is 0.215. The largest absolute Gasteiger partial charge is 0.434 e. The van der Waals surface area contributed by atoms with Crippen LogP contribution in [0.5, 0.6) is 0 Å². The van der Waals surface area contributed by atoms with E-state index in [1.54, 1.807) is 10.9 Å². The molecule has 10 heteroatoms. The van der Waals surface area contributed by atoms with Gasteiger partial charge in [0.15, 0.2) is 6.23 Å². The zero-order valence-corrected chi connectivity index (χ0v) is 19.2. The van der Waals surface area contributed by atoms with Crippen LogP contribution in [0.3, 0.4) is 0 Å². The maximum absolute atomic E-state index is 12.2. The second kappa shape index (κ2) is 7.42. The molecule has 1 unspecified atom stereocenters. The highest BCUT2D eigenvalue weighted by Gasteiger charge is 2.46. The molecule has 2 fully saturated rings. The van der Waals surface area contributed by atoms with Crippen molar-refractivity contribution >= 4 is 40.0 Å². The highest BCUT2D eigenvalue weighted by Crippen LogP contribution is 2.45. The summed E-state index contributed by atoms with van der Waals surface area (Å²) in [7, 11) is 1.88. The molecule has 3 aliphatic rings. The van der Waals surface area contributed by atoms with Crippen LogP contribution in [-0.4, -0.2) is 58.0 Å². The number of primary amides is 1. The summed E-state index contributed by atoms with van der Waals surface area (Å²) in [5.41, 5.74) is 10.3. The van der Waals surface area contributed by atoms with Gasteiger partial charge in [0.2, 0.25) is 0 Å². The quantitative estimate of drug-likeness (QED) is 0.442. The maximum Gasteiger partial charge on any atom is 0.398 e. The molecule has 1 saturated carbocycles. The van der Waals surface area contributed by atoms with Crippen LogP contribution in [0.2, 0.25) is 0 Å². The van der Waals surface area contributed by atoms with E-state index in [-0.39, 0.29) is 5.54 Å². The Balaban J connectivity index is 1.44. The summed E-state index contributed by atoms with van der Waals surface area (Å²) in [5, 5.41) is 9.15. The lowest BCUT2D eigenvalue weighted by Crippen LogP contribution is -2.52. The molecule has 1 spiro atoms. The van der Waals surface area contributed by atoms with Crippen molar-refractivity contribution < 1.29 is 14.3 Å². The number of hydrogen-bond acceptors (Lipinski definition) is 8. The van der Waals surface area contributed by atoms with Crippen LogP contribution >= 0.6 is 0 Å². The molecule has 0 bridgehead atoms. The van der Waals surface area contributed by atoms with Gasteiger partial charge in [-0.15, -0.1) is 0 Å². The first kappa shape index (κ1) is 20.9. The summed E-state index contributed by atoms with van der Waals surface area (Å²) in [6.07, 6.45) is 5.82. The molecule has 34 heavy (non-hydrogen) atoms. The number of piperazine rings is 1. The number of benzene rings is 1. The third-order valence-corrected chi connectivity index (χ3v) is 7.09. The number of nitrogens with two attached hydrogens (primary N) is 1. The van der Waals surface area contributed by atoms with Gasteiger partial charge in [-0.1, -0.05) is 0 Å². The number of aromatic nitrogens is 3. The lowest BCUT2D eigenvalue weighted by molar-refractivity contribution is -0.157. The molecule has 1 aliphatic carbocycles. The molecule has 1 atom stereocenters. The molecule has 1 amide bonds. The first-order chi connectivity index (χ1) is 16.3. The number of fused-ring (bicyclic) bond motifs is 2. The molecule has 1 aromatic carbocycles. The van der Waals surface area contributed by atoms with Crippen molar-refractivity contribution in [3.05, 3.63) is 41.7 Å². The van der Waals surface area contributed by atoms with Gasteiger partial charge in [-0.2, -0.15) is 5.10 Å². The van der Waals surface area contributed by atoms with Crippen LogP contribution in [0.15, 0.2) is 30.6 Å². The molecule has 176 valence electrons. The predicted molar refractivity (Wildman–Crippen MR) is 127 cm³/mol. The fourth-order valence-electron chi connectivity index (χ4n) is 5.34. The minimum Gasteiger partial charge on any atom is -0.434 e. The van der Waals surface area contributed by atoms with Gasteiger partial charge in [0, 0.05) is 73.4 Å². The molecule has 1 saturated heterocycles. The zero-order valence-electron chi connectivity index (χ0n) is 19.2. The van der Waals surface area contributed by atoms with Crippen LogP contribution < -0.4 is 20.9 Å². The second-order valence-corrected chi connectivity index (χ2v) is 9.56. The summed E-state index contributed by atoms with van der Waals surface area (Å²) < 4.78 is 7.37. The van der Waals surface area contributed by atoms with E-state index < -0.39 is 18.1 Å². The van der Waals surface area contributed by atoms with Crippen molar-refractivity contribution in [3.63, 3.8) is 0 Å². The van der Waals surface area contributed by atoms with Gasteiger partial charge in [0.25, 0.3) is 0 Å². The third-order valence-electron chi connectivity index (χ3n) is 7.09. The van der Waals surface area contributed by atoms with E-state index in [1.807, 2.05) is 43.3 Å². The Bertz CT molecular complexity index is 1330. The number of nitrogens with one attached hydrogen (secondary N) is 1. The first-order valence-electron chi connectivity index (χ1n) is 11.6. The fourth-order valence-corrected chi connectivity index (χ4v) is 5.34. The van der Waals surface area contributed by atoms with Crippen LogP contribution in [-0.2, 0) is 27.8 Å². The Labute approximate surface area is 196 Å². The number of amides is 1. The lowest BCUT2D eigenvalue weighted by atomic mass is 10.1. The Morgan fingerprint density at radius 1 is 1.29 bits per heavy atom. The third kappa shape index (κ3) is 3.37. The maximum atomic E-state index is 12.2. The van der Waals surface area contributed by atoms with Crippen molar-refractivity contribution in [2.45, 2.75) is 38.0 Å². The average Bonchev–Trinajstić information content (AvgIpc) is 3.25. The number of aryl methyl sites for hydroxylation is 2. The van der Waals surface area contributed by atoms with Gasteiger partial charge in [0.1, 0.15) is 5.82 Å². The normalized spacial score (nSPS) is 20.6. The van der Waals surface area contributed by atoms with Crippen molar-refractivity contribution in [1.82, 2.24) is 20.1 Å².